The predicted octanol–water partition coefficient (Wildman–Crippen LogP) is 1.18. The molecule has 0 spiro atoms. The van der Waals surface area contributed by atoms with Gasteiger partial charge in [-0.05, 0) is 37.0 Å². The summed E-state index contributed by atoms with van der Waals surface area (Å²) in [6.07, 6.45) is 3.14. The van der Waals surface area contributed by atoms with Gasteiger partial charge < -0.3 is 19.7 Å². The second-order valence-electron chi connectivity index (χ2n) is 6.05. The number of hydrogen-bond donors (Lipinski definition) is 1. The van der Waals surface area contributed by atoms with Crippen LogP contribution in [0.5, 0.6) is 11.5 Å². The minimum Gasteiger partial charge on any atom is -0.454 e. The van der Waals surface area contributed by atoms with Gasteiger partial charge in [0.15, 0.2) is 11.5 Å². The zero-order chi connectivity index (χ0) is 15.1. The van der Waals surface area contributed by atoms with Crippen LogP contribution in [0.4, 0.5) is 0 Å². The molecule has 0 radical (unpaired) electrons. The Hall–Kier alpha value is -2.24. The van der Waals surface area contributed by atoms with Crippen LogP contribution in [0.2, 0.25) is 0 Å². The van der Waals surface area contributed by atoms with Gasteiger partial charge in [0.05, 0.1) is 0 Å². The van der Waals surface area contributed by atoms with Crippen molar-refractivity contribution in [1.82, 2.24) is 10.2 Å². The van der Waals surface area contributed by atoms with Gasteiger partial charge in [-0.1, -0.05) is 6.07 Å². The maximum absolute atomic E-state index is 12.3. The fourth-order valence-corrected chi connectivity index (χ4v) is 2.97. The van der Waals surface area contributed by atoms with Gasteiger partial charge in [0.1, 0.15) is 6.04 Å². The van der Waals surface area contributed by atoms with Crippen molar-refractivity contribution >= 4 is 11.8 Å². The van der Waals surface area contributed by atoms with Gasteiger partial charge in [-0.3, -0.25) is 9.59 Å². The number of rotatable bonds is 4. The van der Waals surface area contributed by atoms with Crippen molar-refractivity contribution in [3.63, 3.8) is 0 Å². The van der Waals surface area contributed by atoms with E-state index in [0.717, 1.165) is 24.2 Å². The molecule has 3 aliphatic rings. The first kappa shape index (κ1) is 13.4. The number of hydrogen-bond acceptors (Lipinski definition) is 4. The molecule has 4 rings (SSSR count). The van der Waals surface area contributed by atoms with Crippen LogP contribution in [0.25, 0.3) is 0 Å². The summed E-state index contributed by atoms with van der Waals surface area (Å²) >= 11 is 0. The van der Waals surface area contributed by atoms with Crippen molar-refractivity contribution in [2.24, 2.45) is 0 Å². The van der Waals surface area contributed by atoms with Gasteiger partial charge in [-0.25, -0.2) is 0 Å². The maximum atomic E-state index is 12.3. The van der Waals surface area contributed by atoms with E-state index in [2.05, 4.69) is 5.32 Å². The summed E-state index contributed by atoms with van der Waals surface area (Å²) in [6.45, 7) is 0.659. The lowest BCUT2D eigenvalue weighted by molar-refractivity contribution is -0.135. The standard InChI is InChI=1S/C16H18N2O4/c19-15-6-4-12(16(20)17-11-2-3-11)18(15)8-10-1-5-13-14(7-10)22-9-21-13/h1,5,7,11-12H,2-4,6,8-9H2,(H,17,20). The zero-order valence-electron chi connectivity index (χ0n) is 12.2. The molecule has 22 heavy (non-hydrogen) atoms. The number of benzene rings is 1. The molecule has 1 saturated heterocycles. The van der Waals surface area contributed by atoms with Crippen LogP contribution in [-0.4, -0.2) is 35.6 Å². The normalized spacial score (nSPS) is 23.0. The average molecular weight is 302 g/mol. The van der Waals surface area contributed by atoms with Crippen molar-refractivity contribution in [2.75, 3.05) is 6.79 Å². The van der Waals surface area contributed by atoms with E-state index in [0.29, 0.717) is 31.2 Å². The number of carbonyl (C=O) groups excluding carboxylic acids is 2. The largest absolute Gasteiger partial charge is 0.454 e. The third-order valence-corrected chi connectivity index (χ3v) is 4.34. The molecule has 2 amide bonds. The monoisotopic (exact) mass is 302 g/mol. The molecule has 0 aromatic heterocycles. The van der Waals surface area contributed by atoms with Crippen LogP contribution < -0.4 is 14.8 Å². The van der Waals surface area contributed by atoms with Gasteiger partial charge in [0.25, 0.3) is 0 Å². The molecule has 6 heteroatoms. The maximum Gasteiger partial charge on any atom is 0.243 e. The quantitative estimate of drug-likeness (QED) is 0.907. The first-order chi connectivity index (χ1) is 10.7. The van der Waals surface area contributed by atoms with Crippen LogP contribution >= 0.6 is 0 Å². The first-order valence-corrected chi connectivity index (χ1v) is 7.69. The van der Waals surface area contributed by atoms with E-state index in [1.54, 1.807) is 4.90 Å². The Kier molecular flexibility index (Phi) is 3.17. The molecule has 1 aromatic carbocycles. The van der Waals surface area contributed by atoms with Crippen LogP contribution in [0.15, 0.2) is 18.2 Å². The topological polar surface area (TPSA) is 67.9 Å². The molecule has 1 unspecified atom stereocenters. The Morgan fingerprint density at radius 1 is 1.23 bits per heavy atom. The number of likely N-dealkylation sites (tertiary alicyclic amines) is 1. The highest BCUT2D eigenvalue weighted by molar-refractivity contribution is 5.91. The second-order valence-corrected chi connectivity index (χ2v) is 6.05. The molecule has 2 heterocycles. The predicted molar refractivity (Wildman–Crippen MR) is 77.3 cm³/mol. The van der Waals surface area contributed by atoms with Gasteiger partial charge in [-0.2, -0.15) is 0 Å². The molecule has 1 aliphatic carbocycles. The minimum absolute atomic E-state index is 0.0194. The minimum atomic E-state index is -0.349. The molecular weight excluding hydrogens is 284 g/mol. The van der Waals surface area contributed by atoms with Crippen molar-refractivity contribution in [3.8, 4) is 11.5 Å². The molecule has 2 fully saturated rings. The molecule has 0 bridgehead atoms. The van der Waals surface area contributed by atoms with Crippen LogP contribution in [-0.2, 0) is 16.1 Å². The summed E-state index contributed by atoms with van der Waals surface area (Å²) in [5.74, 6) is 1.44. The number of nitrogens with zero attached hydrogens (tertiary/aromatic N) is 1. The number of fused-ring (bicyclic) bond motifs is 1. The summed E-state index contributed by atoms with van der Waals surface area (Å²) in [4.78, 5) is 26.1. The summed E-state index contributed by atoms with van der Waals surface area (Å²) in [5.41, 5.74) is 0.948. The lowest BCUT2D eigenvalue weighted by atomic mass is 10.1. The van der Waals surface area contributed by atoms with E-state index in [9.17, 15) is 9.59 Å². The molecule has 1 aromatic rings. The van der Waals surface area contributed by atoms with E-state index in [-0.39, 0.29) is 24.6 Å². The molecule has 1 atom stereocenters. The van der Waals surface area contributed by atoms with Crippen molar-refractivity contribution < 1.29 is 19.1 Å². The fourth-order valence-electron chi connectivity index (χ4n) is 2.97. The molecule has 116 valence electrons. The number of carbonyl (C=O) groups is 2. The third-order valence-electron chi connectivity index (χ3n) is 4.34. The Morgan fingerprint density at radius 3 is 2.86 bits per heavy atom. The summed E-state index contributed by atoms with van der Waals surface area (Å²) in [7, 11) is 0. The Morgan fingerprint density at radius 2 is 2.05 bits per heavy atom. The van der Waals surface area contributed by atoms with Gasteiger partial charge in [0, 0.05) is 19.0 Å². The first-order valence-electron chi connectivity index (χ1n) is 7.69. The van der Waals surface area contributed by atoms with Crippen molar-refractivity contribution in [3.05, 3.63) is 23.8 Å². The average Bonchev–Trinajstić information content (AvgIpc) is 3.07. The van der Waals surface area contributed by atoms with E-state index in [1.807, 2.05) is 18.2 Å². The van der Waals surface area contributed by atoms with Gasteiger partial charge >= 0.3 is 0 Å². The van der Waals surface area contributed by atoms with Gasteiger partial charge in [-0.15, -0.1) is 0 Å². The molecular formula is C16H18N2O4. The van der Waals surface area contributed by atoms with Crippen molar-refractivity contribution in [1.29, 1.82) is 0 Å². The second kappa shape index (κ2) is 5.19. The third kappa shape index (κ3) is 2.49. The SMILES string of the molecule is O=C(NC1CC1)C1CCC(=O)N1Cc1ccc2c(c1)OCO2. The van der Waals surface area contributed by atoms with Crippen LogP contribution in [0, 0.1) is 0 Å². The highest BCUT2D eigenvalue weighted by Gasteiger charge is 2.38. The zero-order valence-corrected chi connectivity index (χ0v) is 12.2. The lowest BCUT2D eigenvalue weighted by Crippen LogP contribution is -2.45. The smallest absolute Gasteiger partial charge is 0.243 e. The van der Waals surface area contributed by atoms with Crippen LogP contribution in [0.3, 0.4) is 0 Å². The highest BCUT2D eigenvalue weighted by atomic mass is 16.7. The van der Waals surface area contributed by atoms with Crippen LogP contribution in [0.1, 0.15) is 31.2 Å². The Bertz CT molecular complexity index is 627. The Balaban J connectivity index is 1.49. The summed E-state index contributed by atoms with van der Waals surface area (Å²) in [6, 6.07) is 5.60. The highest BCUT2D eigenvalue weighted by Crippen LogP contribution is 2.33. The Labute approximate surface area is 128 Å². The molecule has 6 nitrogen and oxygen atoms in total. The van der Waals surface area contributed by atoms with E-state index in [1.165, 1.54) is 0 Å². The van der Waals surface area contributed by atoms with Crippen molar-refractivity contribution in [2.45, 2.75) is 44.3 Å². The van der Waals surface area contributed by atoms with E-state index >= 15 is 0 Å². The lowest BCUT2D eigenvalue weighted by Gasteiger charge is -2.24. The molecule has 1 saturated carbocycles. The van der Waals surface area contributed by atoms with E-state index < -0.39 is 0 Å². The number of amides is 2. The fraction of sp³-hybridized carbons (Fsp3) is 0.500. The summed E-state index contributed by atoms with van der Waals surface area (Å²) < 4.78 is 10.6. The van der Waals surface area contributed by atoms with E-state index in [4.69, 9.17) is 9.47 Å². The van der Waals surface area contributed by atoms with Gasteiger partial charge in [0.2, 0.25) is 18.6 Å². The number of ether oxygens (including phenoxy) is 2. The molecule has 2 aliphatic heterocycles. The molecule has 1 N–H and O–H groups in total. The summed E-state index contributed by atoms with van der Waals surface area (Å²) in [5, 5.41) is 3.00. The number of nitrogens with one attached hydrogen (secondary N) is 1.